The third-order valence-corrected chi connectivity index (χ3v) is 7.08. The van der Waals surface area contributed by atoms with E-state index in [2.05, 4.69) is 15.3 Å². The standard InChI is InChI=1S/C25H24FN3O5S2/c1-32-8-7-21-22(15-5-6-19(18(26)13-15)34-10-9-33-2)28-25(36-21)29-23-17(24(30)31)12-16(14-27-23)20-4-3-11-35-20/h3-6,11-14H,7-10H2,1-2H3,(H,30,31)(H,27,28,29). The Morgan fingerprint density at radius 3 is 2.64 bits per heavy atom. The molecule has 11 heteroatoms. The quantitative estimate of drug-likeness (QED) is 0.224. The number of ether oxygens (including phenoxy) is 3. The molecule has 0 saturated carbocycles. The zero-order chi connectivity index (χ0) is 25.5. The molecule has 0 aliphatic heterocycles. The average Bonchev–Trinajstić information content (AvgIpc) is 3.54. The topological polar surface area (TPSA) is 103 Å². The summed E-state index contributed by atoms with van der Waals surface area (Å²) >= 11 is 2.84. The van der Waals surface area contributed by atoms with Crippen molar-refractivity contribution in [3.05, 3.63) is 64.2 Å². The minimum atomic E-state index is -1.11. The molecule has 4 aromatic rings. The van der Waals surface area contributed by atoms with Crippen LogP contribution >= 0.6 is 22.7 Å². The van der Waals surface area contributed by atoms with Crippen LogP contribution in [0.2, 0.25) is 0 Å². The number of aromatic nitrogens is 2. The molecule has 36 heavy (non-hydrogen) atoms. The summed E-state index contributed by atoms with van der Waals surface area (Å²) in [4.78, 5) is 22.7. The number of rotatable bonds is 12. The molecule has 188 valence electrons. The molecule has 0 fully saturated rings. The summed E-state index contributed by atoms with van der Waals surface area (Å²) in [5, 5.41) is 15.2. The molecule has 0 saturated heterocycles. The minimum absolute atomic E-state index is 0.0275. The van der Waals surface area contributed by atoms with Crippen LogP contribution in [0, 0.1) is 5.82 Å². The van der Waals surface area contributed by atoms with Crippen LogP contribution in [0.25, 0.3) is 21.7 Å². The lowest BCUT2D eigenvalue weighted by Gasteiger charge is -2.08. The van der Waals surface area contributed by atoms with Crippen LogP contribution in [0.4, 0.5) is 15.3 Å². The monoisotopic (exact) mass is 529 g/mol. The third-order valence-electron chi connectivity index (χ3n) is 5.13. The molecule has 0 aliphatic rings. The van der Waals surface area contributed by atoms with E-state index in [0.29, 0.717) is 36.0 Å². The largest absolute Gasteiger partial charge is 0.488 e. The molecule has 8 nitrogen and oxygen atoms in total. The highest BCUT2D eigenvalue weighted by atomic mass is 32.1. The number of benzene rings is 1. The SMILES string of the molecule is COCCOc1ccc(-c2nc(Nc3ncc(-c4cccs4)cc3C(=O)O)sc2CCOC)cc1F. The Morgan fingerprint density at radius 1 is 1.11 bits per heavy atom. The zero-order valence-corrected chi connectivity index (χ0v) is 21.2. The van der Waals surface area contributed by atoms with Gasteiger partial charge in [0.2, 0.25) is 0 Å². The van der Waals surface area contributed by atoms with Gasteiger partial charge in [-0.05, 0) is 35.7 Å². The van der Waals surface area contributed by atoms with Crippen LogP contribution in [-0.4, -0.2) is 55.1 Å². The number of aromatic carboxylic acids is 1. The Labute approximate surface area is 215 Å². The van der Waals surface area contributed by atoms with Crippen LogP contribution in [0.1, 0.15) is 15.2 Å². The number of nitrogens with zero attached hydrogens (tertiary/aromatic N) is 2. The first kappa shape index (κ1) is 25.7. The molecule has 2 N–H and O–H groups in total. The highest BCUT2D eigenvalue weighted by Crippen LogP contribution is 2.36. The van der Waals surface area contributed by atoms with Crippen molar-refractivity contribution in [3.63, 3.8) is 0 Å². The van der Waals surface area contributed by atoms with Gasteiger partial charge >= 0.3 is 5.97 Å². The molecule has 4 rings (SSSR count). The Kier molecular flexibility index (Phi) is 8.60. The van der Waals surface area contributed by atoms with E-state index < -0.39 is 11.8 Å². The smallest absolute Gasteiger partial charge is 0.339 e. The van der Waals surface area contributed by atoms with Crippen molar-refractivity contribution in [1.82, 2.24) is 9.97 Å². The van der Waals surface area contributed by atoms with Crippen molar-refractivity contribution in [2.75, 3.05) is 39.4 Å². The van der Waals surface area contributed by atoms with Gasteiger partial charge in [-0.15, -0.1) is 22.7 Å². The molecule has 3 aromatic heterocycles. The van der Waals surface area contributed by atoms with E-state index in [-0.39, 0.29) is 23.7 Å². The molecule has 0 radical (unpaired) electrons. The van der Waals surface area contributed by atoms with Gasteiger partial charge in [0.05, 0.1) is 18.9 Å². The average molecular weight is 530 g/mol. The molecular weight excluding hydrogens is 505 g/mol. The number of thiazole rings is 1. The van der Waals surface area contributed by atoms with Gasteiger partial charge in [0.1, 0.15) is 18.0 Å². The molecule has 0 unspecified atom stereocenters. The Bertz CT molecular complexity index is 1330. The molecule has 0 bridgehead atoms. The fourth-order valence-electron chi connectivity index (χ4n) is 3.40. The summed E-state index contributed by atoms with van der Waals surface area (Å²) in [6, 6.07) is 10.0. The number of methoxy groups -OCH3 is 2. The second kappa shape index (κ2) is 12.0. The number of carbonyl (C=O) groups is 1. The maximum Gasteiger partial charge on any atom is 0.339 e. The van der Waals surface area contributed by atoms with Crippen molar-refractivity contribution in [2.24, 2.45) is 0 Å². The molecule has 0 atom stereocenters. The van der Waals surface area contributed by atoms with Gasteiger partial charge in [-0.3, -0.25) is 0 Å². The second-order valence-corrected chi connectivity index (χ2v) is 9.58. The van der Waals surface area contributed by atoms with Gasteiger partial charge in [-0.25, -0.2) is 19.2 Å². The first-order valence-corrected chi connectivity index (χ1v) is 12.6. The molecule has 1 aromatic carbocycles. The number of carboxylic acid groups (broad SMARTS) is 1. The van der Waals surface area contributed by atoms with E-state index in [1.54, 1.807) is 38.6 Å². The van der Waals surface area contributed by atoms with Gasteiger partial charge < -0.3 is 24.6 Å². The molecular formula is C25H24FN3O5S2. The summed E-state index contributed by atoms with van der Waals surface area (Å²) < 4.78 is 30.3. The minimum Gasteiger partial charge on any atom is -0.488 e. The number of carboxylic acids is 1. The highest BCUT2D eigenvalue weighted by molar-refractivity contribution is 7.16. The van der Waals surface area contributed by atoms with Crippen molar-refractivity contribution in [1.29, 1.82) is 0 Å². The van der Waals surface area contributed by atoms with Crippen LogP contribution in [-0.2, 0) is 15.9 Å². The van der Waals surface area contributed by atoms with Gasteiger partial charge in [-0.2, -0.15) is 0 Å². The first-order chi connectivity index (χ1) is 17.5. The number of hydrogen-bond acceptors (Lipinski definition) is 9. The summed E-state index contributed by atoms with van der Waals surface area (Å²) in [5.74, 6) is -1.31. The lowest BCUT2D eigenvalue weighted by molar-refractivity contribution is 0.0697. The van der Waals surface area contributed by atoms with E-state index in [0.717, 1.165) is 15.3 Å². The summed E-state index contributed by atoms with van der Waals surface area (Å²) in [6.07, 6.45) is 2.17. The van der Waals surface area contributed by atoms with Gasteiger partial charge in [0.25, 0.3) is 0 Å². The Hall–Kier alpha value is -3.38. The second-order valence-electron chi connectivity index (χ2n) is 7.55. The summed E-state index contributed by atoms with van der Waals surface area (Å²) in [6.45, 7) is 1.04. The third kappa shape index (κ3) is 6.05. The van der Waals surface area contributed by atoms with Gasteiger partial charge in [0.15, 0.2) is 16.7 Å². The zero-order valence-electron chi connectivity index (χ0n) is 19.6. The van der Waals surface area contributed by atoms with Crippen LogP contribution in [0.15, 0.2) is 48.0 Å². The maximum atomic E-state index is 14.7. The number of anilines is 2. The molecule has 0 aliphatic carbocycles. The predicted octanol–water partition coefficient (Wildman–Crippen LogP) is 5.73. The van der Waals surface area contributed by atoms with Crippen molar-refractivity contribution >= 4 is 39.6 Å². The molecule has 0 spiro atoms. The Balaban J connectivity index is 1.64. The predicted molar refractivity (Wildman–Crippen MR) is 138 cm³/mol. The highest BCUT2D eigenvalue weighted by Gasteiger charge is 2.19. The van der Waals surface area contributed by atoms with E-state index in [4.69, 9.17) is 14.2 Å². The lowest BCUT2D eigenvalue weighted by atomic mass is 10.1. The van der Waals surface area contributed by atoms with Crippen LogP contribution < -0.4 is 10.1 Å². The Morgan fingerprint density at radius 2 is 1.94 bits per heavy atom. The van der Waals surface area contributed by atoms with Crippen LogP contribution in [0.5, 0.6) is 5.75 Å². The normalized spacial score (nSPS) is 11.0. The number of nitrogens with one attached hydrogen (secondary N) is 1. The fourth-order valence-corrected chi connectivity index (χ4v) is 5.07. The summed E-state index contributed by atoms with van der Waals surface area (Å²) in [7, 11) is 3.15. The van der Waals surface area contributed by atoms with Crippen molar-refractivity contribution < 1.29 is 28.5 Å². The molecule has 3 heterocycles. The van der Waals surface area contributed by atoms with Crippen LogP contribution in [0.3, 0.4) is 0 Å². The van der Waals surface area contributed by atoms with E-state index >= 15 is 0 Å². The number of halogens is 1. The number of thiophene rings is 1. The fraction of sp³-hybridized carbons (Fsp3) is 0.240. The van der Waals surface area contributed by atoms with E-state index in [1.807, 2.05) is 17.5 Å². The van der Waals surface area contributed by atoms with E-state index in [1.165, 1.54) is 28.7 Å². The maximum absolute atomic E-state index is 14.7. The number of pyridine rings is 1. The lowest BCUT2D eigenvalue weighted by Crippen LogP contribution is -2.05. The first-order valence-electron chi connectivity index (χ1n) is 10.9. The van der Waals surface area contributed by atoms with Crippen molar-refractivity contribution in [2.45, 2.75) is 6.42 Å². The van der Waals surface area contributed by atoms with Gasteiger partial charge in [-0.1, -0.05) is 6.07 Å². The van der Waals surface area contributed by atoms with Gasteiger partial charge in [0, 0.05) is 47.7 Å². The number of hydrogen-bond donors (Lipinski definition) is 2. The van der Waals surface area contributed by atoms with Crippen molar-refractivity contribution in [3.8, 4) is 27.4 Å². The summed E-state index contributed by atoms with van der Waals surface area (Å²) in [5.41, 5.74) is 1.90. The van der Waals surface area contributed by atoms with E-state index in [9.17, 15) is 14.3 Å². The molecule has 0 amide bonds.